The van der Waals surface area contributed by atoms with Crippen LogP contribution in [-0.4, -0.2) is 4.98 Å². The Morgan fingerprint density at radius 2 is 1.79 bits per heavy atom. The summed E-state index contributed by atoms with van der Waals surface area (Å²) in [4.78, 5) is 5.60. The van der Waals surface area contributed by atoms with Crippen LogP contribution in [-0.2, 0) is 30.5 Å². The zero-order chi connectivity index (χ0) is 20.9. The van der Waals surface area contributed by atoms with Crippen molar-refractivity contribution in [1.82, 2.24) is 4.98 Å². The molecule has 2 nitrogen and oxygen atoms in total. The molecule has 29 heavy (non-hydrogen) atoms. The standard InChI is InChI=1S/C22H21F4NOS/c1-2-3-7-19-20(14-28-13-15-5-4-6-18(23)12-15)29-21(27-19)16-8-10-17(11-9-16)22(24,25)26/h4-6,8-12H,2-3,7,13-14H2,1H3. The number of nitrogens with zero attached hydrogens (tertiary/aromatic N) is 1. The SMILES string of the molecule is CCCCc1nc(-c2ccc(C(F)(F)F)cc2)sc1COCc1cccc(F)c1. The third-order valence-electron chi connectivity index (χ3n) is 4.40. The van der Waals surface area contributed by atoms with Crippen molar-refractivity contribution < 1.29 is 22.3 Å². The van der Waals surface area contributed by atoms with Gasteiger partial charge in [-0.05, 0) is 42.7 Å². The lowest BCUT2D eigenvalue weighted by Crippen LogP contribution is -2.03. The summed E-state index contributed by atoms with van der Waals surface area (Å²) in [6.07, 6.45) is -1.60. The van der Waals surface area contributed by atoms with Gasteiger partial charge >= 0.3 is 6.18 Å². The van der Waals surface area contributed by atoms with Crippen LogP contribution in [0.4, 0.5) is 17.6 Å². The first kappa shape index (κ1) is 21.5. The minimum Gasteiger partial charge on any atom is -0.371 e. The Morgan fingerprint density at radius 1 is 1.03 bits per heavy atom. The van der Waals surface area contributed by atoms with Gasteiger partial charge in [-0.3, -0.25) is 0 Å². The van der Waals surface area contributed by atoms with Gasteiger partial charge in [0.25, 0.3) is 0 Å². The molecule has 7 heteroatoms. The number of halogens is 4. The first-order valence-electron chi connectivity index (χ1n) is 9.35. The molecule has 0 unspecified atom stereocenters. The van der Waals surface area contributed by atoms with E-state index in [1.807, 2.05) is 0 Å². The summed E-state index contributed by atoms with van der Waals surface area (Å²) in [7, 11) is 0. The molecule has 0 saturated heterocycles. The van der Waals surface area contributed by atoms with E-state index in [-0.39, 0.29) is 12.4 Å². The van der Waals surface area contributed by atoms with E-state index in [4.69, 9.17) is 4.74 Å². The average Bonchev–Trinajstić information content (AvgIpc) is 3.09. The van der Waals surface area contributed by atoms with E-state index in [1.165, 1.54) is 35.6 Å². The summed E-state index contributed by atoms with van der Waals surface area (Å²) in [6, 6.07) is 11.3. The molecular formula is C22H21F4NOS. The molecule has 0 amide bonds. The highest BCUT2D eigenvalue weighted by atomic mass is 32.1. The summed E-state index contributed by atoms with van der Waals surface area (Å²) in [6.45, 7) is 2.69. The van der Waals surface area contributed by atoms with Gasteiger partial charge in [0.1, 0.15) is 10.8 Å². The molecule has 0 atom stereocenters. The number of benzene rings is 2. The molecular weight excluding hydrogens is 402 g/mol. The Balaban J connectivity index is 1.75. The molecule has 0 aliphatic heterocycles. The molecule has 1 aromatic heterocycles. The minimum atomic E-state index is -4.36. The Kier molecular flexibility index (Phi) is 7.03. The van der Waals surface area contributed by atoms with E-state index in [0.717, 1.165) is 47.5 Å². The predicted molar refractivity (Wildman–Crippen MR) is 106 cm³/mol. The smallest absolute Gasteiger partial charge is 0.371 e. The Morgan fingerprint density at radius 3 is 2.45 bits per heavy atom. The van der Waals surface area contributed by atoms with Gasteiger partial charge in [0.15, 0.2) is 0 Å². The number of aromatic nitrogens is 1. The van der Waals surface area contributed by atoms with Crippen molar-refractivity contribution in [1.29, 1.82) is 0 Å². The van der Waals surface area contributed by atoms with Crippen LogP contribution in [0.15, 0.2) is 48.5 Å². The summed E-state index contributed by atoms with van der Waals surface area (Å²) in [5.41, 5.74) is 1.62. The Hall–Kier alpha value is -2.25. The highest BCUT2D eigenvalue weighted by Gasteiger charge is 2.30. The lowest BCUT2D eigenvalue weighted by atomic mass is 10.1. The predicted octanol–water partition coefficient (Wildman–Crippen LogP) is 7.03. The molecule has 154 valence electrons. The van der Waals surface area contributed by atoms with Crippen LogP contribution in [0.3, 0.4) is 0 Å². The van der Waals surface area contributed by atoms with Gasteiger partial charge in [-0.25, -0.2) is 9.37 Å². The number of rotatable bonds is 8. The van der Waals surface area contributed by atoms with Gasteiger partial charge in [0.2, 0.25) is 0 Å². The third kappa shape index (κ3) is 5.87. The fraction of sp³-hybridized carbons (Fsp3) is 0.318. The van der Waals surface area contributed by atoms with Crippen LogP contribution >= 0.6 is 11.3 Å². The number of thiazole rings is 1. The maximum absolute atomic E-state index is 13.3. The molecule has 2 aromatic carbocycles. The van der Waals surface area contributed by atoms with E-state index in [9.17, 15) is 17.6 Å². The van der Waals surface area contributed by atoms with E-state index < -0.39 is 11.7 Å². The summed E-state index contributed by atoms with van der Waals surface area (Å²) in [5.74, 6) is -0.308. The van der Waals surface area contributed by atoms with Crippen molar-refractivity contribution >= 4 is 11.3 Å². The summed E-state index contributed by atoms with van der Waals surface area (Å²) in [5, 5.41) is 0.675. The first-order valence-corrected chi connectivity index (χ1v) is 10.2. The highest BCUT2D eigenvalue weighted by molar-refractivity contribution is 7.15. The van der Waals surface area contributed by atoms with E-state index in [2.05, 4.69) is 11.9 Å². The van der Waals surface area contributed by atoms with Gasteiger partial charge in [-0.1, -0.05) is 37.6 Å². The van der Waals surface area contributed by atoms with Crippen LogP contribution in [0.1, 0.15) is 41.5 Å². The van der Waals surface area contributed by atoms with Gasteiger partial charge in [-0.15, -0.1) is 11.3 Å². The summed E-state index contributed by atoms with van der Waals surface area (Å²) < 4.78 is 57.4. The summed E-state index contributed by atoms with van der Waals surface area (Å²) >= 11 is 1.42. The number of hydrogen-bond donors (Lipinski definition) is 0. The number of ether oxygens (including phenoxy) is 1. The van der Waals surface area contributed by atoms with E-state index >= 15 is 0 Å². The number of hydrogen-bond acceptors (Lipinski definition) is 3. The zero-order valence-electron chi connectivity index (χ0n) is 15.9. The maximum Gasteiger partial charge on any atom is 0.416 e. The molecule has 0 N–H and O–H groups in total. The van der Waals surface area contributed by atoms with Crippen molar-refractivity contribution in [2.45, 2.75) is 45.6 Å². The highest BCUT2D eigenvalue weighted by Crippen LogP contribution is 2.33. The molecule has 0 saturated carbocycles. The lowest BCUT2D eigenvalue weighted by Gasteiger charge is -2.06. The fourth-order valence-electron chi connectivity index (χ4n) is 2.85. The largest absolute Gasteiger partial charge is 0.416 e. The molecule has 3 aromatic rings. The quantitative estimate of drug-likeness (QED) is 0.363. The normalized spacial score (nSPS) is 11.8. The van der Waals surface area contributed by atoms with Crippen LogP contribution in [0.5, 0.6) is 0 Å². The van der Waals surface area contributed by atoms with Crippen molar-refractivity contribution in [2.24, 2.45) is 0 Å². The monoisotopic (exact) mass is 423 g/mol. The van der Waals surface area contributed by atoms with Gasteiger partial charge in [0, 0.05) is 5.56 Å². The van der Waals surface area contributed by atoms with E-state index in [0.29, 0.717) is 17.2 Å². The lowest BCUT2D eigenvalue weighted by molar-refractivity contribution is -0.137. The molecule has 0 aliphatic rings. The molecule has 1 heterocycles. The molecule has 0 fully saturated rings. The molecule has 0 aliphatic carbocycles. The second-order valence-corrected chi connectivity index (χ2v) is 7.77. The maximum atomic E-state index is 13.3. The topological polar surface area (TPSA) is 22.1 Å². The number of alkyl halides is 3. The molecule has 0 bridgehead atoms. The van der Waals surface area contributed by atoms with Crippen molar-refractivity contribution in [3.8, 4) is 10.6 Å². The zero-order valence-corrected chi connectivity index (χ0v) is 16.7. The number of aryl methyl sites for hydroxylation is 1. The van der Waals surface area contributed by atoms with Crippen LogP contribution in [0.25, 0.3) is 10.6 Å². The fourth-order valence-corrected chi connectivity index (χ4v) is 3.90. The van der Waals surface area contributed by atoms with Crippen LogP contribution in [0.2, 0.25) is 0 Å². The molecule has 0 radical (unpaired) electrons. The molecule has 3 rings (SSSR count). The second kappa shape index (κ2) is 9.50. The number of unbranched alkanes of at least 4 members (excludes halogenated alkanes) is 1. The van der Waals surface area contributed by atoms with Crippen molar-refractivity contribution in [3.63, 3.8) is 0 Å². The van der Waals surface area contributed by atoms with E-state index in [1.54, 1.807) is 12.1 Å². The van der Waals surface area contributed by atoms with Crippen LogP contribution < -0.4 is 0 Å². The molecule has 0 spiro atoms. The first-order chi connectivity index (χ1) is 13.9. The van der Waals surface area contributed by atoms with Gasteiger partial charge in [-0.2, -0.15) is 13.2 Å². The third-order valence-corrected chi connectivity index (χ3v) is 5.52. The Bertz CT molecular complexity index is 935. The van der Waals surface area contributed by atoms with Crippen LogP contribution in [0, 0.1) is 5.82 Å². The Labute approximate surface area is 171 Å². The van der Waals surface area contributed by atoms with Gasteiger partial charge < -0.3 is 4.74 Å². The van der Waals surface area contributed by atoms with Crippen molar-refractivity contribution in [3.05, 3.63) is 76.0 Å². The minimum absolute atomic E-state index is 0.276. The van der Waals surface area contributed by atoms with Crippen molar-refractivity contribution in [2.75, 3.05) is 0 Å². The second-order valence-electron chi connectivity index (χ2n) is 6.69. The average molecular weight is 423 g/mol. The van der Waals surface area contributed by atoms with Gasteiger partial charge in [0.05, 0.1) is 29.3 Å².